The highest BCUT2D eigenvalue weighted by Crippen LogP contribution is 2.31. The Morgan fingerprint density at radius 2 is 2.11 bits per heavy atom. The van der Waals surface area contributed by atoms with Crippen LogP contribution in [0, 0.1) is 0 Å². The molecule has 0 aliphatic carbocycles. The van der Waals surface area contributed by atoms with Crippen molar-refractivity contribution >= 4 is 0 Å². The van der Waals surface area contributed by atoms with Crippen LogP contribution in [0.1, 0.15) is 50.3 Å². The van der Waals surface area contributed by atoms with E-state index in [9.17, 15) is 0 Å². The number of ether oxygens (including phenoxy) is 1. The number of benzene rings is 1. The number of rotatable bonds is 6. The fourth-order valence-electron chi connectivity index (χ4n) is 2.76. The normalized spacial score (nSPS) is 20.4. The highest BCUT2D eigenvalue weighted by molar-refractivity contribution is 5.31. The maximum absolute atomic E-state index is 6.05. The monoisotopic (exact) mass is 247 g/mol. The Morgan fingerprint density at radius 3 is 2.89 bits per heavy atom. The molecule has 0 saturated carbocycles. The molecule has 1 heterocycles. The van der Waals surface area contributed by atoms with Gasteiger partial charge in [-0.2, -0.15) is 0 Å². The van der Waals surface area contributed by atoms with Crippen molar-refractivity contribution in [1.82, 2.24) is 5.32 Å². The number of nitrogens with one attached hydrogen (secondary N) is 1. The standard InChI is InChI=1S/C16H25NO/c1-3-7-15(17-11-4-2)16-14-9-6-5-8-13(14)10-12-18-16/h5-6,8-9,15-17H,3-4,7,10-12H2,1-2H3. The van der Waals surface area contributed by atoms with Gasteiger partial charge in [0.15, 0.2) is 0 Å². The number of hydrogen-bond donors (Lipinski definition) is 1. The summed E-state index contributed by atoms with van der Waals surface area (Å²) in [6.45, 7) is 6.39. The third kappa shape index (κ3) is 3.12. The highest BCUT2D eigenvalue weighted by atomic mass is 16.5. The van der Waals surface area contributed by atoms with Crippen LogP contribution in [0.3, 0.4) is 0 Å². The third-order valence-corrected chi connectivity index (χ3v) is 3.65. The average Bonchev–Trinajstić information content (AvgIpc) is 2.43. The van der Waals surface area contributed by atoms with Crippen LogP contribution >= 0.6 is 0 Å². The molecular formula is C16H25NO. The Kier molecular flexibility index (Phi) is 5.21. The molecule has 2 heteroatoms. The van der Waals surface area contributed by atoms with E-state index in [1.54, 1.807) is 0 Å². The second-order valence-corrected chi connectivity index (χ2v) is 5.09. The molecule has 1 aromatic rings. The summed E-state index contributed by atoms with van der Waals surface area (Å²) in [6, 6.07) is 9.19. The maximum atomic E-state index is 6.05. The summed E-state index contributed by atoms with van der Waals surface area (Å²) in [5.41, 5.74) is 2.86. The first-order valence-corrected chi connectivity index (χ1v) is 7.29. The van der Waals surface area contributed by atoms with Crippen LogP contribution in [0.15, 0.2) is 24.3 Å². The molecule has 18 heavy (non-hydrogen) atoms. The van der Waals surface area contributed by atoms with E-state index in [4.69, 9.17) is 4.74 Å². The summed E-state index contributed by atoms with van der Waals surface area (Å²) < 4.78 is 6.05. The van der Waals surface area contributed by atoms with Gasteiger partial charge < -0.3 is 10.1 Å². The fraction of sp³-hybridized carbons (Fsp3) is 0.625. The van der Waals surface area contributed by atoms with Crippen molar-refractivity contribution in [2.24, 2.45) is 0 Å². The van der Waals surface area contributed by atoms with Crippen LogP contribution in [-0.4, -0.2) is 19.2 Å². The molecule has 1 aliphatic rings. The first-order chi connectivity index (χ1) is 8.86. The van der Waals surface area contributed by atoms with Gasteiger partial charge in [-0.25, -0.2) is 0 Å². The van der Waals surface area contributed by atoms with Gasteiger partial charge in [-0.15, -0.1) is 0 Å². The van der Waals surface area contributed by atoms with Crippen LogP contribution in [0.2, 0.25) is 0 Å². The second kappa shape index (κ2) is 6.91. The van der Waals surface area contributed by atoms with E-state index in [-0.39, 0.29) is 6.10 Å². The minimum absolute atomic E-state index is 0.237. The van der Waals surface area contributed by atoms with Gasteiger partial charge in [0.05, 0.1) is 12.7 Å². The van der Waals surface area contributed by atoms with Gasteiger partial charge in [0, 0.05) is 6.04 Å². The van der Waals surface area contributed by atoms with Crippen molar-refractivity contribution in [1.29, 1.82) is 0 Å². The maximum Gasteiger partial charge on any atom is 0.0980 e. The molecule has 0 fully saturated rings. The van der Waals surface area contributed by atoms with Crippen LogP contribution in [0.5, 0.6) is 0 Å². The van der Waals surface area contributed by atoms with E-state index in [0.717, 1.165) is 19.6 Å². The van der Waals surface area contributed by atoms with E-state index < -0.39 is 0 Å². The largest absolute Gasteiger partial charge is 0.372 e. The number of fused-ring (bicyclic) bond motifs is 1. The summed E-state index contributed by atoms with van der Waals surface area (Å²) >= 11 is 0. The third-order valence-electron chi connectivity index (χ3n) is 3.65. The minimum atomic E-state index is 0.237. The number of hydrogen-bond acceptors (Lipinski definition) is 2. The topological polar surface area (TPSA) is 21.3 Å². The predicted molar refractivity (Wildman–Crippen MR) is 75.8 cm³/mol. The Hall–Kier alpha value is -0.860. The molecule has 2 rings (SSSR count). The van der Waals surface area contributed by atoms with Gasteiger partial charge in [-0.1, -0.05) is 44.5 Å². The van der Waals surface area contributed by atoms with Crippen LogP contribution < -0.4 is 5.32 Å². The van der Waals surface area contributed by atoms with E-state index >= 15 is 0 Å². The molecule has 1 aromatic carbocycles. The lowest BCUT2D eigenvalue weighted by Crippen LogP contribution is -2.38. The zero-order valence-electron chi connectivity index (χ0n) is 11.6. The summed E-state index contributed by atoms with van der Waals surface area (Å²) in [5, 5.41) is 3.66. The molecule has 1 aliphatic heterocycles. The molecule has 0 radical (unpaired) electrons. The molecule has 1 N–H and O–H groups in total. The Labute approximate surface area is 111 Å². The van der Waals surface area contributed by atoms with Crippen molar-refractivity contribution < 1.29 is 4.74 Å². The molecule has 2 nitrogen and oxygen atoms in total. The van der Waals surface area contributed by atoms with E-state index in [1.165, 1.54) is 30.4 Å². The Morgan fingerprint density at radius 1 is 1.28 bits per heavy atom. The van der Waals surface area contributed by atoms with Gasteiger partial charge in [0.2, 0.25) is 0 Å². The molecule has 2 unspecified atom stereocenters. The van der Waals surface area contributed by atoms with Crippen LogP contribution in [0.25, 0.3) is 0 Å². The first-order valence-electron chi connectivity index (χ1n) is 7.29. The van der Waals surface area contributed by atoms with E-state index in [0.29, 0.717) is 6.04 Å². The SMILES string of the molecule is CCCNC(CCC)C1OCCc2ccccc21. The van der Waals surface area contributed by atoms with Crippen molar-refractivity contribution in [3.05, 3.63) is 35.4 Å². The van der Waals surface area contributed by atoms with Crippen molar-refractivity contribution in [3.8, 4) is 0 Å². The predicted octanol–water partition coefficient (Wildman–Crippen LogP) is 3.47. The molecule has 0 spiro atoms. The van der Waals surface area contributed by atoms with Gasteiger partial charge in [-0.3, -0.25) is 0 Å². The first kappa shape index (κ1) is 13.6. The van der Waals surface area contributed by atoms with Gasteiger partial charge in [0.25, 0.3) is 0 Å². The second-order valence-electron chi connectivity index (χ2n) is 5.09. The quantitative estimate of drug-likeness (QED) is 0.831. The fourth-order valence-corrected chi connectivity index (χ4v) is 2.76. The molecule has 0 amide bonds. The lowest BCUT2D eigenvalue weighted by Gasteiger charge is -2.33. The molecular weight excluding hydrogens is 222 g/mol. The van der Waals surface area contributed by atoms with Crippen molar-refractivity contribution in [2.45, 2.75) is 51.7 Å². The highest BCUT2D eigenvalue weighted by Gasteiger charge is 2.27. The molecule has 100 valence electrons. The van der Waals surface area contributed by atoms with E-state index in [2.05, 4.69) is 43.4 Å². The molecule has 2 atom stereocenters. The minimum Gasteiger partial charge on any atom is -0.372 e. The summed E-state index contributed by atoms with van der Waals surface area (Å²) in [7, 11) is 0. The zero-order chi connectivity index (χ0) is 12.8. The van der Waals surface area contributed by atoms with Crippen molar-refractivity contribution in [2.75, 3.05) is 13.2 Å². The zero-order valence-corrected chi connectivity index (χ0v) is 11.6. The van der Waals surface area contributed by atoms with Crippen LogP contribution in [0.4, 0.5) is 0 Å². The summed E-state index contributed by atoms with van der Waals surface area (Å²) in [6.07, 6.45) is 4.84. The van der Waals surface area contributed by atoms with Gasteiger partial charge >= 0.3 is 0 Å². The molecule has 0 bridgehead atoms. The van der Waals surface area contributed by atoms with Crippen LogP contribution in [-0.2, 0) is 11.2 Å². The smallest absolute Gasteiger partial charge is 0.0980 e. The average molecular weight is 247 g/mol. The lowest BCUT2D eigenvalue weighted by atomic mass is 9.91. The Balaban J connectivity index is 2.15. The summed E-state index contributed by atoms with van der Waals surface area (Å²) in [5.74, 6) is 0. The lowest BCUT2D eigenvalue weighted by molar-refractivity contribution is 0.0131. The van der Waals surface area contributed by atoms with Gasteiger partial charge in [0.1, 0.15) is 0 Å². The molecule has 0 saturated heterocycles. The van der Waals surface area contributed by atoms with Gasteiger partial charge in [-0.05, 0) is 36.9 Å². The summed E-state index contributed by atoms with van der Waals surface area (Å²) in [4.78, 5) is 0. The molecule has 0 aromatic heterocycles. The van der Waals surface area contributed by atoms with Crippen molar-refractivity contribution in [3.63, 3.8) is 0 Å². The Bertz CT molecular complexity index is 364. The van der Waals surface area contributed by atoms with E-state index in [1.807, 2.05) is 0 Å².